The van der Waals surface area contributed by atoms with Crippen molar-refractivity contribution in [3.8, 4) is 0 Å². The van der Waals surface area contributed by atoms with Crippen molar-refractivity contribution in [1.82, 2.24) is 9.71 Å². The Morgan fingerprint density at radius 3 is 2.40 bits per heavy atom. The number of allylic oxidation sites excluding steroid dienone is 3. The summed E-state index contributed by atoms with van der Waals surface area (Å²) in [6.45, 7) is -0.250. The summed E-state index contributed by atoms with van der Waals surface area (Å²) in [5, 5.41) is 9.32. The quantitative estimate of drug-likeness (QED) is 0.431. The predicted octanol–water partition coefficient (Wildman–Crippen LogP) is 4.38. The van der Waals surface area contributed by atoms with Crippen LogP contribution in [0.5, 0.6) is 0 Å². The number of benzene rings is 2. The summed E-state index contributed by atoms with van der Waals surface area (Å²) in [7, 11) is -3.96. The van der Waals surface area contributed by atoms with Gasteiger partial charge in [-0.3, -0.25) is 4.79 Å². The van der Waals surface area contributed by atoms with Crippen molar-refractivity contribution >= 4 is 20.9 Å². The van der Waals surface area contributed by atoms with Crippen LogP contribution in [-0.2, 0) is 22.6 Å². The van der Waals surface area contributed by atoms with Gasteiger partial charge in [0, 0.05) is 29.4 Å². The second-order valence-corrected chi connectivity index (χ2v) is 9.91. The van der Waals surface area contributed by atoms with Crippen LogP contribution in [0.25, 0.3) is 10.9 Å². The number of aromatic amines is 1. The molecule has 184 valence electrons. The van der Waals surface area contributed by atoms with Crippen LogP contribution >= 0.6 is 0 Å². The van der Waals surface area contributed by atoms with E-state index in [0.717, 1.165) is 0 Å². The van der Waals surface area contributed by atoms with Crippen molar-refractivity contribution in [2.45, 2.75) is 23.7 Å². The Labute approximate surface area is 197 Å². The average molecular weight is 508 g/mol. The number of halogens is 4. The molecular formula is C24H20F4N2O4S. The third-order valence-corrected chi connectivity index (χ3v) is 7.09. The molecule has 0 saturated heterocycles. The molecule has 1 heterocycles. The van der Waals surface area contributed by atoms with E-state index in [0.29, 0.717) is 17.2 Å². The molecule has 0 saturated carbocycles. The summed E-state index contributed by atoms with van der Waals surface area (Å²) < 4.78 is 81.6. The number of nitrogens with one attached hydrogen (secondary N) is 2. The molecule has 35 heavy (non-hydrogen) atoms. The number of hydrogen-bond acceptors (Lipinski definition) is 4. The molecule has 1 aromatic heterocycles. The number of aromatic nitrogens is 1. The highest BCUT2D eigenvalue weighted by atomic mass is 32.2. The van der Waals surface area contributed by atoms with Crippen molar-refractivity contribution < 1.29 is 31.1 Å². The minimum absolute atomic E-state index is 0.0632. The van der Waals surface area contributed by atoms with E-state index >= 15 is 0 Å². The normalized spacial score (nSPS) is 18.6. The maximum atomic E-state index is 14.0. The third-order valence-electron chi connectivity index (χ3n) is 5.65. The average Bonchev–Trinajstić information content (AvgIpc) is 2.79. The molecule has 0 aliphatic heterocycles. The number of aliphatic hydroxyl groups excluding tert-OH is 1. The Morgan fingerprint density at radius 2 is 1.71 bits per heavy atom. The molecule has 3 aromatic rings. The van der Waals surface area contributed by atoms with Gasteiger partial charge in [0.05, 0.1) is 10.5 Å². The van der Waals surface area contributed by atoms with Gasteiger partial charge in [0.2, 0.25) is 15.6 Å². The summed E-state index contributed by atoms with van der Waals surface area (Å²) in [5.74, 6) is -1.32. The highest BCUT2D eigenvalue weighted by molar-refractivity contribution is 7.89. The first kappa shape index (κ1) is 24.7. The van der Waals surface area contributed by atoms with Gasteiger partial charge in [0.25, 0.3) is 0 Å². The zero-order chi connectivity index (χ0) is 25.4. The largest absolute Gasteiger partial charge is 0.509 e. The summed E-state index contributed by atoms with van der Waals surface area (Å²) in [4.78, 5) is 13.9. The molecule has 1 aliphatic carbocycles. The molecular weight excluding hydrogens is 488 g/mol. The number of hydrogen-bond donors (Lipinski definition) is 3. The molecule has 0 fully saturated rings. The fourth-order valence-corrected chi connectivity index (χ4v) is 4.91. The fourth-order valence-electron chi connectivity index (χ4n) is 3.83. The number of fused-ring (bicyclic) bond motifs is 1. The monoisotopic (exact) mass is 508 g/mol. The summed E-state index contributed by atoms with van der Waals surface area (Å²) >= 11 is 0. The van der Waals surface area contributed by atoms with Crippen molar-refractivity contribution in [3.63, 3.8) is 0 Å². The van der Waals surface area contributed by atoms with Crippen LogP contribution in [0.15, 0.2) is 82.2 Å². The van der Waals surface area contributed by atoms with Crippen LogP contribution in [-0.4, -0.2) is 31.2 Å². The van der Waals surface area contributed by atoms with Gasteiger partial charge in [0.15, 0.2) is 6.17 Å². The molecule has 0 spiro atoms. The van der Waals surface area contributed by atoms with Gasteiger partial charge in [-0.1, -0.05) is 30.4 Å². The zero-order valence-corrected chi connectivity index (χ0v) is 18.8. The Morgan fingerprint density at radius 1 is 1.03 bits per heavy atom. The van der Waals surface area contributed by atoms with Gasteiger partial charge in [-0.25, -0.2) is 17.5 Å². The second-order valence-electron chi connectivity index (χ2n) is 8.14. The van der Waals surface area contributed by atoms with Gasteiger partial charge in [-0.2, -0.15) is 13.2 Å². The van der Waals surface area contributed by atoms with E-state index in [2.05, 4.69) is 9.71 Å². The lowest BCUT2D eigenvalue weighted by Crippen LogP contribution is -2.34. The van der Waals surface area contributed by atoms with E-state index in [1.165, 1.54) is 54.6 Å². The number of aliphatic hydroxyl groups is 1. The van der Waals surface area contributed by atoms with Crippen molar-refractivity contribution in [2.24, 2.45) is 5.92 Å². The van der Waals surface area contributed by atoms with E-state index in [9.17, 15) is 35.9 Å². The Hall–Kier alpha value is -3.44. The van der Waals surface area contributed by atoms with Crippen LogP contribution in [0.2, 0.25) is 0 Å². The molecule has 0 bridgehead atoms. The van der Waals surface area contributed by atoms with E-state index in [1.54, 1.807) is 6.07 Å². The number of rotatable bonds is 6. The number of pyridine rings is 1. The molecule has 0 radical (unpaired) electrons. The molecule has 0 amide bonds. The highest BCUT2D eigenvalue weighted by Crippen LogP contribution is 2.33. The van der Waals surface area contributed by atoms with Crippen LogP contribution < -0.4 is 10.3 Å². The Kier molecular flexibility index (Phi) is 6.56. The minimum atomic E-state index is -4.70. The van der Waals surface area contributed by atoms with Gasteiger partial charge in [-0.05, 0) is 47.9 Å². The first-order valence-corrected chi connectivity index (χ1v) is 12.0. The first-order valence-electron chi connectivity index (χ1n) is 10.5. The van der Waals surface area contributed by atoms with E-state index in [-0.39, 0.29) is 28.8 Å². The van der Waals surface area contributed by atoms with Crippen molar-refractivity contribution in [3.05, 3.63) is 99.6 Å². The van der Waals surface area contributed by atoms with Gasteiger partial charge in [-0.15, -0.1) is 0 Å². The molecule has 1 aliphatic rings. The Balaban J connectivity index is 1.50. The van der Waals surface area contributed by atoms with Gasteiger partial charge >= 0.3 is 6.18 Å². The summed E-state index contributed by atoms with van der Waals surface area (Å²) in [6.07, 6.45) is -2.07. The molecule has 4 rings (SSSR count). The molecule has 2 aromatic carbocycles. The highest BCUT2D eigenvalue weighted by Gasteiger charge is 2.33. The van der Waals surface area contributed by atoms with E-state index in [4.69, 9.17) is 0 Å². The van der Waals surface area contributed by atoms with Crippen LogP contribution in [0.4, 0.5) is 17.6 Å². The predicted molar refractivity (Wildman–Crippen MR) is 122 cm³/mol. The lowest BCUT2D eigenvalue weighted by molar-refractivity contribution is -0.136. The molecule has 2 atom stereocenters. The molecule has 11 heteroatoms. The maximum Gasteiger partial charge on any atom is 0.417 e. The number of sulfonamides is 1. The van der Waals surface area contributed by atoms with Gasteiger partial charge < -0.3 is 10.1 Å². The third kappa shape index (κ3) is 5.46. The second kappa shape index (κ2) is 9.31. The Bertz CT molecular complexity index is 1480. The lowest BCUT2D eigenvalue weighted by Gasteiger charge is -2.20. The maximum absolute atomic E-state index is 14.0. The molecule has 3 N–H and O–H groups in total. The van der Waals surface area contributed by atoms with E-state index in [1.807, 2.05) is 0 Å². The van der Waals surface area contributed by atoms with Crippen LogP contribution in [0, 0.1) is 5.92 Å². The van der Waals surface area contributed by atoms with Crippen LogP contribution in [0.3, 0.4) is 0 Å². The molecule has 6 nitrogen and oxygen atoms in total. The smallest absolute Gasteiger partial charge is 0.417 e. The SMILES string of the molecule is O=c1cc(C(F)(F)F)c2cc(Cc3ccc(S(=O)(=O)NCC4C=CC=C(O)[C@H]4F)cc3)ccc2[nH]1. The summed E-state index contributed by atoms with van der Waals surface area (Å²) in [6, 6.07) is 10.6. The van der Waals surface area contributed by atoms with Crippen LogP contribution in [0.1, 0.15) is 16.7 Å². The van der Waals surface area contributed by atoms with E-state index < -0.39 is 45.2 Å². The first-order chi connectivity index (χ1) is 16.4. The van der Waals surface area contributed by atoms with Gasteiger partial charge in [0.1, 0.15) is 5.76 Å². The number of H-pyrrole nitrogens is 1. The standard InChI is InChI=1S/C24H20F4N2O4S/c25-23-16(2-1-3-21(23)31)13-29-35(33,34)17-7-4-14(5-8-17)10-15-6-9-20-18(11-15)19(24(26,27)28)12-22(32)30-20/h1-9,11-12,16,23,29,31H,10,13H2,(H,30,32)/t16?,23-/m0/s1. The number of alkyl halides is 4. The molecule has 1 unspecified atom stereocenters. The zero-order valence-electron chi connectivity index (χ0n) is 18.0. The van der Waals surface area contributed by atoms with Crippen molar-refractivity contribution in [2.75, 3.05) is 6.54 Å². The lowest BCUT2D eigenvalue weighted by atomic mass is 9.98. The minimum Gasteiger partial charge on any atom is -0.509 e. The fraction of sp³-hybridized carbons (Fsp3) is 0.208. The van der Waals surface area contributed by atoms with Crippen molar-refractivity contribution in [1.29, 1.82) is 0 Å². The topological polar surface area (TPSA) is 99.3 Å². The summed E-state index contributed by atoms with van der Waals surface area (Å²) in [5.41, 5.74) is -0.631.